The molecule has 0 bridgehead atoms. The Labute approximate surface area is 164 Å². The summed E-state index contributed by atoms with van der Waals surface area (Å²) in [5, 5.41) is 3.20. The number of aryl methyl sites for hydroxylation is 2. The Kier molecular flexibility index (Phi) is 7.64. The molecule has 2 rings (SSSR count). The number of hydrazine groups is 4. The van der Waals surface area contributed by atoms with Crippen LogP contribution in [0.2, 0.25) is 0 Å². The number of carbonyl (C=O) groups is 1. The Hall–Kier alpha value is -3.27. The van der Waals surface area contributed by atoms with Crippen LogP contribution in [-0.2, 0) is 11.4 Å². The zero-order chi connectivity index (χ0) is 20.5. The Morgan fingerprint density at radius 2 is 1.96 bits per heavy atom. The van der Waals surface area contributed by atoms with Crippen molar-refractivity contribution >= 4 is 17.8 Å². The topological polar surface area (TPSA) is 121 Å². The molecule has 1 amide bonds. The van der Waals surface area contributed by atoms with Crippen LogP contribution in [0, 0.1) is 13.8 Å². The second-order valence-electron chi connectivity index (χ2n) is 6.12. The molecule has 0 unspecified atom stereocenters. The van der Waals surface area contributed by atoms with Gasteiger partial charge < -0.3 is 10.5 Å². The third-order valence-corrected chi connectivity index (χ3v) is 4.18. The van der Waals surface area contributed by atoms with Crippen molar-refractivity contribution < 1.29 is 9.53 Å². The number of ether oxygens (including phenoxy) is 1. The van der Waals surface area contributed by atoms with Crippen molar-refractivity contribution in [2.75, 3.05) is 17.1 Å². The van der Waals surface area contributed by atoms with Gasteiger partial charge >= 0.3 is 0 Å². The van der Waals surface area contributed by atoms with Gasteiger partial charge in [0, 0.05) is 25.0 Å². The van der Waals surface area contributed by atoms with Gasteiger partial charge in [-0.15, -0.1) is 0 Å². The summed E-state index contributed by atoms with van der Waals surface area (Å²) in [7, 11) is 1.83. The first kappa shape index (κ1) is 21.0. The quantitative estimate of drug-likeness (QED) is 0.178. The Morgan fingerprint density at radius 1 is 1.18 bits per heavy atom. The third-order valence-electron chi connectivity index (χ3n) is 4.18. The molecule has 0 aliphatic rings. The zero-order valence-corrected chi connectivity index (χ0v) is 16.3. The van der Waals surface area contributed by atoms with E-state index in [9.17, 15) is 4.79 Å². The molecule has 0 aliphatic carbocycles. The summed E-state index contributed by atoms with van der Waals surface area (Å²) in [5.74, 6) is 6.66. The normalized spacial score (nSPS) is 10.7. The van der Waals surface area contributed by atoms with Gasteiger partial charge in [0.25, 0.3) is 0 Å². The number of nitrogens with two attached hydrogens (primary N) is 2. The molecule has 0 aliphatic heterocycles. The third kappa shape index (κ3) is 5.36. The van der Waals surface area contributed by atoms with Gasteiger partial charge in [0.2, 0.25) is 6.41 Å². The van der Waals surface area contributed by atoms with Crippen molar-refractivity contribution in [1.82, 2.24) is 16.5 Å². The minimum Gasteiger partial charge on any atom is -0.489 e. The summed E-state index contributed by atoms with van der Waals surface area (Å²) in [6.45, 7) is 4.36. The molecule has 0 atom stereocenters. The molecule has 0 heterocycles. The number of hydrogen-bond donors (Lipinski definition) is 5. The monoisotopic (exact) mass is 385 g/mol. The van der Waals surface area contributed by atoms with Gasteiger partial charge in [-0.2, -0.15) is 11.1 Å². The van der Waals surface area contributed by atoms with Gasteiger partial charge in [-0.3, -0.25) is 20.2 Å². The molecule has 0 aromatic heterocycles. The molecule has 0 spiro atoms. The fraction of sp³-hybridized carbons (Fsp3) is 0.211. The number of carbonyl (C=O) groups excluding carboxylic acids is 1. The number of nitrogens with one attached hydrogen (secondary N) is 3. The minimum absolute atomic E-state index is 0.379. The van der Waals surface area contributed by atoms with Crippen LogP contribution in [0.25, 0.3) is 0 Å². The van der Waals surface area contributed by atoms with E-state index in [0.717, 1.165) is 33.8 Å². The van der Waals surface area contributed by atoms with Crippen LogP contribution in [0.3, 0.4) is 0 Å². The van der Waals surface area contributed by atoms with E-state index in [1.54, 1.807) is 11.2 Å². The van der Waals surface area contributed by atoms with Crippen LogP contribution in [0.4, 0.5) is 11.4 Å². The second kappa shape index (κ2) is 10.2. The first-order chi connectivity index (χ1) is 13.5. The minimum atomic E-state index is 0.379. The molecular weight excluding hydrogens is 358 g/mol. The van der Waals surface area contributed by atoms with Crippen LogP contribution >= 0.6 is 0 Å². The highest BCUT2D eigenvalue weighted by molar-refractivity contribution is 5.56. The number of nitrogens with zero attached hydrogens (tertiary/aromatic N) is 2. The summed E-state index contributed by atoms with van der Waals surface area (Å²) in [6.07, 6.45) is 3.49. The Morgan fingerprint density at radius 3 is 2.64 bits per heavy atom. The average molecular weight is 385 g/mol. The number of rotatable bonds is 10. The Bertz CT molecular complexity index is 826. The van der Waals surface area contributed by atoms with Gasteiger partial charge in [0.1, 0.15) is 12.4 Å². The van der Waals surface area contributed by atoms with Crippen LogP contribution in [0.15, 0.2) is 48.8 Å². The number of anilines is 2. The fourth-order valence-electron chi connectivity index (χ4n) is 2.68. The van der Waals surface area contributed by atoms with Gasteiger partial charge in [0.15, 0.2) is 0 Å². The molecule has 9 heteroatoms. The smallest absolute Gasteiger partial charge is 0.222 e. The molecule has 0 saturated carbocycles. The maximum absolute atomic E-state index is 10.4. The van der Waals surface area contributed by atoms with E-state index >= 15 is 0 Å². The largest absolute Gasteiger partial charge is 0.489 e. The molecule has 2 aromatic carbocycles. The van der Waals surface area contributed by atoms with E-state index < -0.39 is 0 Å². The highest BCUT2D eigenvalue weighted by Gasteiger charge is 2.12. The molecule has 7 N–H and O–H groups in total. The van der Waals surface area contributed by atoms with Crippen molar-refractivity contribution in [3.63, 3.8) is 0 Å². The standard InChI is InChI=1S/C19H27N7O2/c1-14-5-4-6-18(25(3)24-23-22-13-27)17(14)12-28-19-8-7-16(11-15(19)2)26(21)10-9-20/h4-11,13,23-24H,12,20-21H2,1-3H3,(H,22,27)/b10-9-. The maximum atomic E-state index is 10.4. The predicted molar refractivity (Wildman–Crippen MR) is 111 cm³/mol. The number of benzene rings is 2. The maximum Gasteiger partial charge on any atom is 0.222 e. The lowest BCUT2D eigenvalue weighted by Crippen LogP contribution is -2.51. The van der Waals surface area contributed by atoms with E-state index in [0.29, 0.717) is 13.0 Å². The predicted octanol–water partition coefficient (Wildman–Crippen LogP) is 1.10. The summed E-state index contributed by atoms with van der Waals surface area (Å²) >= 11 is 0. The van der Waals surface area contributed by atoms with Gasteiger partial charge in [-0.1, -0.05) is 12.1 Å². The molecule has 9 nitrogen and oxygen atoms in total. The van der Waals surface area contributed by atoms with Crippen molar-refractivity contribution in [2.24, 2.45) is 11.6 Å². The van der Waals surface area contributed by atoms with Crippen LogP contribution in [0.1, 0.15) is 16.7 Å². The van der Waals surface area contributed by atoms with Crippen molar-refractivity contribution in [2.45, 2.75) is 20.5 Å². The Balaban J connectivity index is 2.15. The lowest BCUT2D eigenvalue weighted by Gasteiger charge is -2.24. The van der Waals surface area contributed by atoms with Crippen molar-refractivity contribution in [3.8, 4) is 5.75 Å². The van der Waals surface area contributed by atoms with E-state index in [4.69, 9.17) is 16.3 Å². The number of hydrogen-bond acceptors (Lipinski definition) is 8. The number of amides is 1. The first-order valence-corrected chi connectivity index (χ1v) is 8.65. The van der Waals surface area contributed by atoms with E-state index in [1.807, 2.05) is 57.3 Å². The van der Waals surface area contributed by atoms with Crippen molar-refractivity contribution in [3.05, 3.63) is 65.5 Å². The summed E-state index contributed by atoms with van der Waals surface area (Å²) in [5.41, 5.74) is 17.9. The average Bonchev–Trinajstić information content (AvgIpc) is 2.68. The summed E-state index contributed by atoms with van der Waals surface area (Å²) in [6, 6.07) is 11.6. The SMILES string of the molecule is Cc1cc(N(N)/C=C\N)ccc1OCc1c(C)cccc1N(C)NNNC=O. The molecule has 0 saturated heterocycles. The molecule has 2 aromatic rings. The lowest BCUT2D eigenvalue weighted by atomic mass is 10.1. The summed E-state index contributed by atoms with van der Waals surface area (Å²) < 4.78 is 6.07. The molecular formula is C19H27N7O2. The van der Waals surface area contributed by atoms with Gasteiger partial charge in [0.05, 0.1) is 11.4 Å². The fourth-order valence-corrected chi connectivity index (χ4v) is 2.68. The van der Waals surface area contributed by atoms with Crippen LogP contribution in [-0.4, -0.2) is 13.5 Å². The molecule has 0 fully saturated rings. The van der Waals surface area contributed by atoms with E-state index in [-0.39, 0.29) is 0 Å². The molecule has 0 radical (unpaired) electrons. The highest BCUT2D eigenvalue weighted by Crippen LogP contribution is 2.27. The zero-order valence-electron chi connectivity index (χ0n) is 16.3. The van der Waals surface area contributed by atoms with Crippen LogP contribution < -0.4 is 42.8 Å². The van der Waals surface area contributed by atoms with E-state index in [1.165, 1.54) is 11.2 Å². The molecule has 28 heavy (non-hydrogen) atoms. The van der Waals surface area contributed by atoms with Crippen molar-refractivity contribution in [1.29, 1.82) is 0 Å². The highest BCUT2D eigenvalue weighted by atomic mass is 16.5. The second-order valence-corrected chi connectivity index (χ2v) is 6.12. The van der Waals surface area contributed by atoms with Crippen LogP contribution in [0.5, 0.6) is 5.75 Å². The van der Waals surface area contributed by atoms with E-state index in [2.05, 4.69) is 16.5 Å². The lowest BCUT2D eigenvalue weighted by molar-refractivity contribution is -0.110. The summed E-state index contributed by atoms with van der Waals surface area (Å²) in [4.78, 5) is 10.4. The van der Waals surface area contributed by atoms with Gasteiger partial charge in [-0.05, 0) is 49.2 Å². The van der Waals surface area contributed by atoms with Gasteiger partial charge in [-0.25, -0.2) is 5.84 Å². The first-order valence-electron chi connectivity index (χ1n) is 8.65. The molecule has 150 valence electrons.